The van der Waals surface area contributed by atoms with Crippen LogP contribution in [-0.2, 0) is 23.5 Å². The summed E-state index contributed by atoms with van der Waals surface area (Å²) in [6, 6.07) is 12.3. The topological polar surface area (TPSA) is 64.0 Å². The first kappa shape index (κ1) is 18.8. The smallest absolute Gasteiger partial charge is 0.241 e. The van der Waals surface area contributed by atoms with Gasteiger partial charge in [0.1, 0.15) is 5.82 Å². The summed E-state index contributed by atoms with van der Waals surface area (Å²) in [6.45, 7) is 1.91. The van der Waals surface area contributed by atoms with Crippen molar-refractivity contribution < 1.29 is 12.8 Å². The van der Waals surface area contributed by atoms with Gasteiger partial charge < -0.3 is 0 Å². The Hall–Kier alpha value is -2.51. The third-order valence-electron chi connectivity index (χ3n) is 5.26. The first-order valence-corrected chi connectivity index (χ1v) is 10.7. The number of hydrogen-bond donors (Lipinski definition) is 1. The third-order valence-corrected chi connectivity index (χ3v) is 6.79. The van der Waals surface area contributed by atoms with Crippen LogP contribution in [0.25, 0.3) is 11.1 Å². The van der Waals surface area contributed by atoms with Crippen molar-refractivity contribution in [3.63, 3.8) is 0 Å². The zero-order valence-corrected chi connectivity index (χ0v) is 16.6. The fourth-order valence-corrected chi connectivity index (χ4v) is 5.52. The summed E-state index contributed by atoms with van der Waals surface area (Å²) in [5.74, 6) is -0.402. The molecule has 3 aromatic rings. The molecule has 0 amide bonds. The maximum absolute atomic E-state index is 13.7. The minimum Gasteiger partial charge on any atom is -0.272 e. The van der Waals surface area contributed by atoms with Gasteiger partial charge in [0.2, 0.25) is 10.0 Å². The van der Waals surface area contributed by atoms with E-state index in [0.717, 1.165) is 36.2 Å². The van der Waals surface area contributed by atoms with Crippen LogP contribution in [0.5, 0.6) is 0 Å². The Labute approximate surface area is 164 Å². The second kappa shape index (κ2) is 7.14. The van der Waals surface area contributed by atoms with Gasteiger partial charge in [-0.15, -0.1) is 0 Å². The van der Waals surface area contributed by atoms with Gasteiger partial charge in [-0.1, -0.05) is 30.3 Å². The van der Waals surface area contributed by atoms with Crippen LogP contribution in [0.2, 0.25) is 0 Å². The minimum atomic E-state index is -3.81. The van der Waals surface area contributed by atoms with Crippen LogP contribution in [-0.4, -0.2) is 18.2 Å². The molecule has 0 saturated carbocycles. The highest BCUT2D eigenvalue weighted by Crippen LogP contribution is 2.34. The lowest BCUT2D eigenvalue weighted by molar-refractivity contribution is 0.497. The summed E-state index contributed by atoms with van der Waals surface area (Å²) in [5.41, 5.74) is 3.91. The van der Waals surface area contributed by atoms with E-state index in [0.29, 0.717) is 11.1 Å². The molecule has 1 aliphatic rings. The Morgan fingerprint density at radius 3 is 2.75 bits per heavy atom. The summed E-state index contributed by atoms with van der Waals surface area (Å²) >= 11 is 0. The van der Waals surface area contributed by atoms with Crippen molar-refractivity contribution in [3.05, 3.63) is 71.3 Å². The summed E-state index contributed by atoms with van der Waals surface area (Å²) in [6.07, 6.45) is 2.51. The molecule has 1 unspecified atom stereocenters. The van der Waals surface area contributed by atoms with Crippen LogP contribution in [0, 0.1) is 12.7 Å². The molecule has 0 bridgehead atoms. The normalized spacial score (nSPS) is 16.8. The Kier molecular flexibility index (Phi) is 4.81. The molecule has 0 fully saturated rings. The van der Waals surface area contributed by atoms with Crippen LogP contribution in [0.3, 0.4) is 0 Å². The molecular weight excluding hydrogens is 377 g/mol. The number of fused-ring (bicyclic) bond motifs is 1. The van der Waals surface area contributed by atoms with E-state index < -0.39 is 15.8 Å². The Bertz CT molecular complexity index is 1140. The van der Waals surface area contributed by atoms with Crippen molar-refractivity contribution in [1.82, 2.24) is 14.5 Å². The Morgan fingerprint density at radius 2 is 1.96 bits per heavy atom. The zero-order chi connectivity index (χ0) is 19.9. The van der Waals surface area contributed by atoms with Gasteiger partial charge in [0.05, 0.1) is 16.6 Å². The standard InChI is InChI=1S/C21H22FN3O2S/c1-14-21-18(10-6-11-19(21)25(2)23-14)24-28(26,27)20-12-4-3-9-17(20)15-7-5-8-16(22)13-15/h3-5,7-9,12-13,18,24H,6,10-11H2,1-2H3. The second-order valence-electron chi connectivity index (χ2n) is 7.14. The maximum atomic E-state index is 13.7. The van der Waals surface area contributed by atoms with E-state index >= 15 is 0 Å². The quantitative estimate of drug-likeness (QED) is 0.724. The maximum Gasteiger partial charge on any atom is 0.241 e. The molecule has 146 valence electrons. The number of aryl methyl sites for hydroxylation is 2. The second-order valence-corrected chi connectivity index (χ2v) is 8.82. The predicted molar refractivity (Wildman–Crippen MR) is 106 cm³/mol. The highest BCUT2D eigenvalue weighted by atomic mass is 32.2. The molecule has 1 aliphatic carbocycles. The molecular formula is C21H22FN3O2S. The van der Waals surface area contributed by atoms with E-state index in [2.05, 4.69) is 9.82 Å². The molecule has 1 atom stereocenters. The number of rotatable bonds is 4. The van der Waals surface area contributed by atoms with Gasteiger partial charge in [0.15, 0.2) is 0 Å². The molecule has 0 spiro atoms. The lowest BCUT2D eigenvalue weighted by Crippen LogP contribution is -2.31. The van der Waals surface area contributed by atoms with Crippen molar-refractivity contribution in [1.29, 1.82) is 0 Å². The first-order chi connectivity index (χ1) is 13.4. The third kappa shape index (κ3) is 3.36. The number of nitrogens with one attached hydrogen (secondary N) is 1. The predicted octanol–water partition coefficient (Wildman–Crippen LogP) is 3.89. The summed E-state index contributed by atoms with van der Waals surface area (Å²) in [5, 5.41) is 4.46. The van der Waals surface area contributed by atoms with Crippen LogP contribution >= 0.6 is 0 Å². The van der Waals surface area contributed by atoms with Crippen molar-refractivity contribution in [2.75, 3.05) is 0 Å². The molecule has 28 heavy (non-hydrogen) atoms. The minimum absolute atomic E-state index is 0.147. The average Bonchev–Trinajstić information content (AvgIpc) is 2.96. The summed E-state index contributed by atoms with van der Waals surface area (Å²) in [4.78, 5) is 0.147. The fraction of sp³-hybridized carbons (Fsp3) is 0.286. The lowest BCUT2D eigenvalue weighted by atomic mass is 9.92. The SMILES string of the molecule is Cc1nn(C)c2c1C(NS(=O)(=O)c1ccccc1-c1cccc(F)c1)CCC2. The number of hydrogen-bond acceptors (Lipinski definition) is 3. The molecule has 0 saturated heterocycles. The first-order valence-electron chi connectivity index (χ1n) is 9.26. The van der Waals surface area contributed by atoms with Gasteiger partial charge in [0, 0.05) is 23.9 Å². The van der Waals surface area contributed by atoms with Gasteiger partial charge in [-0.3, -0.25) is 4.68 Å². The molecule has 1 aromatic heterocycles. The number of nitrogens with zero attached hydrogens (tertiary/aromatic N) is 2. The van der Waals surface area contributed by atoms with Gasteiger partial charge in [-0.2, -0.15) is 5.10 Å². The molecule has 1 heterocycles. The van der Waals surface area contributed by atoms with E-state index in [9.17, 15) is 12.8 Å². The molecule has 0 radical (unpaired) electrons. The van der Waals surface area contributed by atoms with Crippen LogP contribution < -0.4 is 4.72 Å². The highest BCUT2D eigenvalue weighted by Gasteiger charge is 2.31. The van der Waals surface area contributed by atoms with Crippen LogP contribution in [0.15, 0.2) is 53.4 Å². The van der Waals surface area contributed by atoms with E-state index in [-0.39, 0.29) is 10.9 Å². The monoisotopic (exact) mass is 399 g/mol. The van der Waals surface area contributed by atoms with Crippen molar-refractivity contribution in [2.24, 2.45) is 7.05 Å². The number of aromatic nitrogens is 2. The summed E-state index contributed by atoms with van der Waals surface area (Å²) in [7, 11) is -1.92. The highest BCUT2D eigenvalue weighted by molar-refractivity contribution is 7.89. The zero-order valence-electron chi connectivity index (χ0n) is 15.8. The fourth-order valence-electron chi connectivity index (χ4n) is 4.05. The van der Waals surface area contributed by atoms with Gasteiger partial charge in [-0.05, 0) is 49.9 Å². The molecule has 2 aromatic carbocycles. The number of sulfonamides is 1. The molecule has 5 nitrogen and oxygen atoms in total. The number of halogens is 1. The molecule has 7 heteroatoms. The van der Waals surface area contributed by atoms with Gasteiger partial charge in [0.25, 0.3) is 0 Å². The molecule has 4 rings (SSSR count). The van der Waals surface area contributed by atoms with Crippen LogP contribution in [0.1, 0.15) is 35.8 Å². The molecule has 1 N–H and O–H groups in total. The molecule has 0 aliphatic heterocycles. The Morgan fingerprint density at radius 1 is 1.18 bits per heavy atom. The van der Waals surface area contributed by atoms with Crippen molar-refractivity contribution in [3.8, 4) is 11.1 Å². The average molecular weight is 399 g/mol. The van der Waals surface area contributed by atoms with E-state index in [4.69, 9.17) is 0 Å². The van der Waals surface area contributed by atoms with Gasteiger partial charge >= 0.3 is 0 Å². The van der Waals surface area contributed by atoms with Crippen LogP contribution in [0.4, 0.5) is 4.39 Å². The lowest BCUT2D eigenvalue weighted by Gasteiger charge is -2.25. The van der Waals surface area contributed by atoms with E-state index in [1.54, 1.807) is 36.4 Å². The largest absolute Gasteiger partial charge is 0.272 e. The van der Waals surface area contributed by atoms with Gasteiger partial charge in [-0.25, -0.2) is 17.5 Å². The van der Waals surface area contributed by atoms with E-state index in [1.165, 1.54) is 12.1 Å². The Balaban J connectivity index is 1.74. The number of benzene rings is 2. The summed E-state index contributed by atoms with van der Waals surface area (Å²) < 4.78 is 45.0. The van der Waals surface area contributed by atoms with E-state index in [1.807, 2.05) is 18.7 Å². The van der Waals surface area contributed by atoms with Crippen molar-refractivity contribution in [2.45, 2.75) is 37.1 Å². The van der Waals surface area contributed by atoms with Crippen molar-refractivity contribution >= 4 is 10.0 Å².